The first kappa shape index (κ1) is 15.6. The van der Waals surface area contributed by atoms with E-state index in [0.29, 0.717) is 23.7 Å². The predicted octanol–water partition coefficient (Wildman–Crippen LogP) is 4.46. The highest BCUT2D eigenvalue weighted by molar-refractivity contribution is 5.82. The van der Waals surface area contributed by atoms with Crippen molar-refractivity contribution in [3.8, 4) is 0 Å². The van der Waals surface area contributed by atoms with Crippen molar-refractivity contribution >= 4 is 5.91 Å². The van der Waals surface area contributed by atoms with Crippen molar-refractivity contribution in [2.24, 2.45) is 17.8 Å². The van der Waals surface area contributed by atoms with Gasteiger partial charge >= 0.3 is 0 Å². The molecule has 1 N–H and O–H groups in total. The average molecular weight is 277 g/mol. The van der Waals surface area contributed by atoms with Crippen molar-refractivity contribution in [1.82, 2.24) is 5.32 Å². The molecule has 2 aliphatic rings. The van der Waals surface area contributed by atoms with Gasteiger partial charge < -0.3 is 5.32 Å². The summed E-state index contributed by atoms with van der Waals surface area (Å²) in [6, 6.07) is 0. The van der Waals surface area contributed by atoms with E-state index >= 15 is 0 Å². The van der Waals surface area contributed by atoms with Crippen LogP contribution in [0.15, 0.2) is 12.2 Å². The van der Waals surface area contributed by atoms with Gasteiger partial charge in [-0.2, -0.15) is 0 Å². The molecule has 20 heavy (non-hydrogen) atoms. The molecule has 0 saturated heterocycles. The van der Waals surface area contributed by atoms with Gasteiger partial charge in [0.05, 0.1) is 0 Å². The monoisotopic (exact) mass is 277 g/mol. The maximum absolute atomic E-state index is 12.2. The molecule has 2 aliphatic carbocycles. The van der Waals surface area contributed by atoms with Crippen LogP contribution in [0.4, 0.5) is 0 Å². The van der Waals surface area contributed by atoms with E-state index in [1.807, 2.05) is 0 Å². The van der Waals surface area contributed by atoms with E-state index in [-0.39, 0.29) is 0 Å². The molecule has 1 saturated carbocycles. The van der Waals surface area contributed by atoms with Crippen molar-refractivity contribution < 1.29 is 4.79 Å². The molecule has 1 fully saturated rings. The van der Waals surface area contributed by atoms with Gasteiger partial charge in [0, 0.05) is 12.5 Å². The fourth-order valence-corrected chi connectivity index (χ4v) is 3.67. The van der Waals surface area contributed by atoms with Crippen molar-refractivity contribution in [2.75, 3.05) is 6.54 Å². The van der Waals surface area contributed by atoms with Crippen LogP contribution in [0.2, 0.25) is 0 Å². The molecule has 0 spiro atoms. The molecule has 2 atom stereocenters. The lowest BCUT2D eigenvalue weighted by Gasteiger charge is -2.05. The Morgan fingerprint density at radius 3 is 2.25 bits per heavy atom. The summed E-state index contributed by atoms with van der Waals surface area (Å²) >= 11 is 0. The molecule has 2 unspecified atom stereocenters. The number of hydrogen-bond acceptors (Lipinski definition) is 1. The number of hydrogen-bond donors (Lipinski definition) is 1. The number of carbonyl (C=O) groups is 1. The van der Waals surface area contributed by atoms with Gasteiger partial charge in [0.15, 0.2) is 0 Å². The van der Waals surface area contributed by atoms with Crippen LogP contribution in [0.25, 0.3) is 0 Å². The van der Waals surface area contributed by atoms with Gasteiger partial charge in [0.2, 0.25) is 5.91 Å². The Bertz CT molecular complexity index is 307. The molecule has 0 bridgehead atoms. The first-order valence-corrected chi connectivity index (χ1v) is 8.77. The maximum atomic E-state index is 12.2. The predicted molar refractivity (Wildman–Crippen MR) is 84.5 cm³/mol. The highest BCUT2D eigenvalue weighted by atomic mass is 16.2. The van der Waals surface area contributed by atoms with Crippen LogP contribution in [-0.2, 0) is 4.79 Å². The Hall–Kier alpha value is -0.790. The highest BCUT2D eigenvalue weighted by Gasteiger charge is 2.52. The Labute approximate surface area is 124 Å². The average Bonchev–Trinajstić information content (AvgIpc) is 3.09. The molecule has 2 heteroatoms. The summed E-state index contributed by atoms with van der Waals surface area (Å²) in [4.78, 5) is 12.2. The quantitative estimate of drug-likeness (QED) is 0.515. The molecule has 0 aromatic heterocycles. The van der Waals surface area contributed by atoms with Crippen molar-refractivity contribution in [1.29, 1.82) is 0 Å². The zero-order valence-electron chi connectivity index (χ0n) is 13.1. The zero-order chi connectivity index (χ0) is 14.2. The molecular weight excluding hydrogens is 246 g/mol. The molecule has 0 aliphatic heterocycles. The van der Waals surface area contributed by atoms with Gasteiger partial charge in [-0.1, -0.05) is 51.2 Å². The van der Waals surface area contributed by atoms with E-state index < -0.39 is 0 Å². The van der Waals surface area contributed by atoms with E-state index in [1.54, 1.807) is 0 Å². The van der Waals surface area contributed by atoms with E-state index in [4.69, 9.17) is 0 Å². The van der Waals surface area contributed by atoms with Crippen LogP contribution < -0.4 is 5.32 Å². The second-order valence-corrected chi connectivity index (χ2v) is 6.54. The molecular formula is C18H31NO. The third kappa shape index (κ3) is 4.64. The molecule has 1 amide bonds. The summed E-state index contributed by atoms with van der Waals surface area (Å²) in [6.45, 7) is 3.13. The van der Waals surface area contributed by atoms with E-state index in [2.05, 4.69) is 24.4 Å². The first-order chi connectivity index (χ1) is 9.84. The third-order valence-electron chi connectivity index (χ3n) is 4.96. The minimum atomic E-state index is 0.343. The van der Waals surface area contributed by atoms with Gasteiger partial charge in [-0.15, -0.1) is 0 Å². The minimum absolute atomic E-state index is 0.343. The number of allylic oxidation sites excluding steroid dienone is 2. The lowest BCUT2D eigenvalue weighted by atomic mass is 10.1. The van der Waals surface area contributed by atoms with E-state index in [9.17, 15) is 4.79 Å². The van der Waals surface area contributed by atoms with E-state index in [1.165, 1.54) is 57.8 Å². The van der Waals surface area contributed by atoms with Crippen LogP contribution in [0.5, 0.6) is 0 Å². The molecule has 0 aromatic rings. The number of carbonyl (C=O) groups excluding carboxylic acids is 1. The van der Waals surface area contributed by atoms with Crippen molar-refractivity contribution in [3.05, 3.63) is 12.2 Å². The largest absolute Gasteiger partial charge is 0.356 e. The highest BCUT2D eigenvalue weighted by Crippen LogP contribution is 2.52. The van der Waals surface area contributed by atoms with Crippen LogP contribution in [0.3, 0.4) is 0 Å². The van der Waals surface area contributed by atoms with Gasteiger partial charge in [0.25, 0.3) is 0 Å². The lowest BCUT2D eigenvalue weighted by molar-refractivity contribution is -0.122. The summed E-state index contributed by atoms with van der Waals surface area (Å²) < 4.78 is 0. The Balaban J connectivity index is 1.55. The lowest BCUT2D eigenvalue weighted by Crippen LogP contribution is -2.27. The van der Waals surface area contributed by atoms with Crippen LogP contribution in [0, 0.1) is 17.8 Å². The topological polar surface area (TPSA) is 29.1 Å². The first-order valence-electron chi connectivity index (χ1n) is 8.77. The second kappa shape index (κ2) is 8.49. The standard InChI is InChI=1S/C18H31NO/c1-2-3-4-5-8-11-14-19-18(20)17-15-12-9-6-7-10-13-16(15)17/h6-7,15-17H,2-5,8-14H2,1H3,(H,19,20). The third-order valence-corrected chi connectivity index (χ3v) is 4.96. The van der Waals surface area contributed by atoms with Gasteiger partial charge in [0.1, 0.15) is 0 Å². The van der Waals surface area contributed by atoms with Crippen LogP contribution in [0.1, 0.15) is 71.1 Å². The summed E-state index contributed by atoms with van der Waals surface area (Å²) in [5.41, 5.74) is 0. The SMILES string of the molecule is CCCCCCCCNC(=O)C1C2CCC=CCCC21. The zero-order valence-corrected chi connectivity index (χ0v) is 13.1. The Morgan fingerprint density at radius 2 is 1.60 bits per heavy atom. The number of amides is 1. The summed E-state index contributed by atoms with van der Waals surface area (Å²) in [6.07, 6.45) is 17.1. The summed E-state index contributed by atoms with van der Waals surface area (Å²) in [7, 11) is 0. The Morgan fingerprint density at radius 1 is 1.00 bits per heavy atom. The fourth-order valence-electron chi connectivity index (χ4n) is 3.67. The van der Waals surface area contributed by atoms with E-state index in [0.717, 1.165) is 13.0 Å². The maximum Gasteiger partial charge on any atom is 0.223 e. The molecule has 0 radical (unpaired) electrons. The van der Waals surface area contributed by atoms with Crippen LogP contribution in [-0.4, -0.2) is 12.5 Å². The van der Waals surface area contributed by atoms with Crippen LogP contribution >= 0.6 is 0 Å². The van der Waals surface area contributed by atoms with Gasteiger partial charge in [-0.05, 0) is 43.9 Å². The Kier molecular flexibility index (Phi) is 6.62. The van der Waals surface area contributed by atoms with Crippen molar-refractivity contribution in [2.45, 2.75) is 71.1 Å². The second-order valence-electron chi connectivity index (χ2n) is 6.54. The number of unbranched alkanes of at least 4 members (excludes halogenated alkanes) is 5. The fraction of sp³-hybridized carbons (Fsp3) is 0.833. The minimum Gasteiger partial charge on any atom is -0.356 e. The molecule has 2 rings (SSSR count). The number of fused-ring (bicyclic) bond motifs is 1. The number of nitrogens with one attached hydrogen (secondary N) is 1. The number of rotatable bonds is 8. The molecule has 0 aromatic carbocycles. The molecule has 2 nitrogen and oxygen atoms in total. The van der Waals surface area contributed by atoms with Crippen molar-refractivity contribution in [3.63, 3.8) is 0 Å². The summed E-state index contributed by atoms with van der Waals surface area (Å²) in [5, 5.41) is 3.17. The van der Waals surface area contributed by atoms with Gasteiger partial charge in [-0.25, -0.2) is 0 Å². The molecule has 114 valence electrons. The normalized spacial score (nSPS) is 28.4. The summed E-state index contributed by atoms with van der Waals surface area (Å²) in [5.74, 6) is 2.06. The smallest absolute Gasteiger partial charge is 0.223 e. The molecule has 0 heterocycles. The van der Waals surface area contributed by atoms with Gasteiger partial charge in [-0.3, -0.25) is 4.79 Å².